The Labute approximate surface area is 116 Å². The summed E-state index contributed by atoms with van der Waals surface area (Å²) in [5.74, 6) is -2.07. The summed E-state index contributed by atoms with van der Waals surface area (Å²) >= 11 is 0. The lowest BCUT2D eigenvalue weighted by Crippen LogP contribution is -2.38. The zero-order valence-corrected chi connectivity index (χ0v) is 11.2. The molecule has 5 nitrogen and oxygen atoms in total. The highest BCUT2D eigenvalue weighted by Gasteiger charge is 2.36. The van der Waals surface area contributed by atoms with E-state index in [0.717, 1.165) is 12.5 Å². The van der Waals surface area contributed by atoms with Crippen LogP contribution in [0.4, 0.5) is 4.39 Å². The highest BCUT2D eigenvalue weighted by molar-refractivity contribution is 5.92. The molecule has 1 aromatic rings. The minimum absolute atomic E-state index is 0.0421. The molecule has 1 saturated heterocycles. The number of carboxylic acids is 1. The Kier molecular flexibility index (Phi) is 4.04. The van der Waals surface area contributed by atoms with Gasteiger partial charge in [0.05, 0.1) is 0 Å². The number of hydrogen-bond acceptors (Lipinski definition) is 3. The summed E-state index contributed by atoms with van der Waals surface area (Å²) in [6, 6.07) is 3.44. The Morgan fingerprint density at radius 2 is 2.20 bits per heavy atom. The second-order valence-corrected chi connectivity index (χ2v) is 5.19. The summed E-state index contributed by atoms with van der Waals surface area (Å²) in [5, 5.41) is 9.22. The van der Waals surface area contributed by atoms with Gasteiger partial charge in [0.15, 0.2) is 0 Å². The van der Waals surface area contributed by atoms with E-state index >= 15 is 0 Å². The SMILES string of the molecule is CC1CCN(Cc2ccc(C(N)=O)cc2F)C1C(=O)O. The van der Waals surface area contributed by atoms with Gasteiger partial charge in [-0.3, -0.25) is 14.5 Å². The maximum Gasteiger partial charge on any atom is 0.321 e. The number of rotatable bonds is 4. The number of amides is 1. The van der Waals surface area contributed by atoms with Crippen LogP contribution in [0.25, 0.3) is 0 Å². The fourth-order valence-electron chi connectivity index (χ4n) is 2.65. The maximum absolute atomic E-state index is 13.9. The first-order valence-electron chi connectivity index (χ1n) is 6.45. The van der Waals surface area contributed by atoms with Gasteiger partial charge in [0.25, 0.3) is 0 Å². The molecule has 6 heteroatoms. The van der Waals surface area contributed by atoms with Gasteiger partial charge in [-0.25, -0.2) is 4.39 Å². The molecular formula is C14H17FN2O3. The highest BCUT2D eigenvalue weighted by atomic mass is 19.1. The number of hydrogen-bond donors (Lipinski definition) is 2. The second kappa shape index (κ2) is 5.58. The third-order valence-corrected chi connectivity index (χ3v) is 3.77. The topological polar surface area (TPSA) is 83.6 Å². The summed E-state index contributed by atoms with van der Waals surface area (Å²) in [4.78, 5) is 24.0. The van der Waals surface area contributed by atoms with Gasteiger partial charge in [0.1, 0.15) is 11.9 Å². The summed E-state index contributed by atoms with van der Waals surface area (Å²) in [7, 11) is 0. The van der Waals surface area contributed by atoms with Crippen LogP contribution >= 0.6 is 0 Å². The van der Waals surface area contributed by atoms with Gasteiger partial charge in [0, 0.05) is 17.7 Å². The van der Waals surface area contributed by atoms with Crippen LogP contribution in [-0.2, 0) is 11.3 Å². The highest BCUT2D eigenvalue weighted by Crippen LogP contribution is 2.26. The Morgan fingerprint density at radius 1 is 1.50 bits per heavy atom. The monoisotopic (exact) mass is 280 g/mol. The minimum Gasteiger partial charge on any atom is -0.480 e. The van der Waals surface area contributed by atoms with E-state index in [0.29, 0.717) is 12.1 Å². The first-order valence-corrected chi connectivity index (χ1v) is 6.45. The number of halogens is 1. The molecule has 2 unspecified atom stereocenters. The van der Waals surface area contributed by atoms with Crippen molar-refractivity contribution in [1.82, 2.24) is 4.90 Å². The predicted octanol–water partition coefficient (Wildman–Crippen LogP) is 1.22. The quantitative estimate of drug-likeness (QED) is 0.868. The molecule has 0 aliphatic carbocycles. The van der Waals surface area contributed by atoms with Crippen LogP contribution in [0.3, 0.4) is 0 Å². The van der Waals surface area contributed by atoms with E-state index in [4.69, 9.17) is 5.73 Å². The number of nitrogens with zero attached hydrogens (tertiary/aromatic N) is 1. The standard InChI is InChI=1S/C14H17FN2O3/c1-8-4-5-17(12(8)14(19)20)7-10-3-2-9(13(16)18)6-11(10)15/h2-3,6,8,12H,4-5,7H2,1H3,(H2,16,18)(H,19,20). The summed E-state index contributed by atoms with van der Waals surface area (Å²) < 4.78 is 13.9. The zero-order valence-electron chi connectivity index (χ0n) is 11.2. The first kappa shape index (κ1) is 14.5. The number of nitrogens with two attached hydrogens (primary N) is 1. The van der Waals surface area contributed by atoms with Crippen LogP contribution in [0.5, 0.6) is 0 Å². The predicted molar refractivity (Wildman–Crippen MR) is 70.5 cm³/mol. The van der Waals surface area contributed by atoms with Gasteiger partial charge < -0.3 is 10.8 Å². The van der Waals surface area contributed by atoms with E-state index in [2.05, 4.69) is 0 Å². The number of carbonyl (C=O) groups is 2. The first-order chi connectivity index (χ1) is 9.40. The van der Waals surface area contributed by atoms with E-state index in [9.17, 15) is 19.1 Å². The molecule has 2 atom stereocenters. The van der Waals surface area contributed by atoms with Crippen LogP contribution in [-0.4, -0.2) is 34.5 Å². The molecular weight excluding hydrogens is 263 g/mol. The third-order valence-electron chi connectivity index (χ3n) is 3.77. The summed E-state index contributed by atoms with van der Waals surface area (Å²) in [6.07, 6.45) is 0.776. The molecule has 2 rings (SSSR count). The van der Waals surface area contributed by atoms with Gasteiger partial charge in [0.2, 0.25) is 5.91 Å². The molecule has 1 aromatic carbocycles. The normalized spacial score (nSPS) is 22.9. The van der Waals surface area contributed by atoms with Crippen molar-refractivity contribution in [3.63, 3.8) is 0 Å². The van der Waals surface area contributed by atoms with Crippen molar-refractivity contribution in [1.29, 1.82) is 0 Å². The van der Waals surface area contributed by atoms with Crippen LogP contribution in [0.15, 0.2) is 18.2 Å². The fourth-order valence-corrected chi connectivity index (χ4v) is 2.65. The fraction of sp³-hybridized carbons (Fsp3) is 0.429. The van der Waals surface area contributed by atoms with E-state index in [-0.39, 0.29) is 18.0 Å². The van der Waals surface area contributed by atoms with E-state index in [1.54, 1.807) is 4.90 Å². The van der Waals surface area contributed by atoms with Crippen LogP contribution in [0, 0.1) is 11.7 Å². The molecule has 1 heterocycles. The van der Waals surface area contributed by atoms with Crippen molar-refractivity contribution in [2.75, 3.05) is 6.54 Å². The molecule has 108 valence electrons. The smallest absolute Gasteiger partial charge is 0.321 e. The number of carbonyl (C=O) groups excluding carboxylic acids is 1. The van der Waals surface area contributed by atoms with E-state index in [1.165, 1.54) is 12.1 Å². The minimum atomic E-state index is -0.885. The molecule has 0 aromatic heterocycles. The van der Waals surface area contributed by atoms with Crippen molar-refractivity contribution in [3.05, 3.63) is 35.1 Å². The summed E-state index contributed by atoms with van der Waals surface area (Å²) in [6.45, 7) is 2.71. The number of aliphatic carboxylic acids is 1. The lowest BCUT2D eigenvalue weighted by molar-refractivity contribution is -0.143. The van der Waals surface area contributed by atoms with Gasteiger partial charge in [-0.2, -0.15) is 0 Å². The Balaban J connectivity index is 2.18. The largest absolute Gasteiger partial charge is 0.480 e. The van der Waals surface area contributed by atoms with Crippen molar-refractivity contribution in [2.24, 2.45) is 11.7 Å². The molecule has 0 spiro atoms. The number of carboxylic acid groups (broad SMARTS) is 1. The Hall–Kier alpha value is -1.95. The lowest BCUT2D eigenvalue weighted by Gasteiger charge is -2.23. The van der Waals surface area contributed by atoms with Crippen LogP contribution < -0.4 is 5.73 Å². The van der Waals surface area contributed by atoms with Gasteiger partial charge in [-0.1, -0.05) is 13.0 Å². The van der Waals surface area contributed by atoms with E-state index < -0.39 is 23.7 Å². The van der Waals surface area contributed by atoms with Crippen molar-refractivity contribution in [2.45, 2.75) is 25.9 Å². The Morgan fingerprint density at radius 3 is 2.75 bits per heavy atom. The molecule has 1 amide bonds. The molecule has 1 aliphatic heterocycles. The van der Waals surface area contributed by atoms with Crippen LogP contribution in [0.1, 0.15) is 29.3 Å². The van der Waals surface area contributed by atoms with Crippen molar-refractivity contribution < 1.29 is 19.1 Å². The molecule has 1 fully saturated rings. The van der Waals surface area contributed by atoms with Gasteiger partial charge in [-0.05, 0) is 31.0 Å². The number of primary amides is 1. The molecule has 0 radical (unpaired) electrons. The van der Waals surface area contributed by atoms with Crippen molar-refractivity contribution >= 4 is 11.9 Å². The number of benzene rings is 1. The molecule has 20 heavy (non-hydrogen) atoms. The van der Waals surface area contributed by atoms with Crippen molar-refractivity contribution in [3.8, 4) is 0 Å². The molecule has 3 N–H and O–H groups in total. The third kappa shape index (κ3) is 2.80. The zero-order chi connectivity index (χ0) is 14.9. The average molecular weight is 280 g/mol. The Bertz CT molecular complexity index is 547. The average Bonchev–Trinajstić information content (AvgIpc) is 2.72. The maximum atomic E-state index is 13.9. The van der Waals surface area contributed by atoms with E-state index in [1.807, 2.05) is 6.92 Å². The van der Waals surface area contributed by atoms with Gasteiger partial charge >= 0.3 is 5.97 Å². The second-order valence-electron chi connectivity index (χ2n) is 5.19. The summed E-state index contributed by atoms with van der Waals surface area (Å²) in [5.41, 5.74) is 5.56. The molecule has 1 aliphatic rings. The lowest BCUT2D eigenvalue weighted by atomic mass is 10.0. The number of likely N-dealkylation sites (tertiary alicyclic amines) is 1. The van der Waals surface area contributed by atoms with Gasteiger partial charge in [-0.15, -0.1) is 0 Å². The molecule has 0 saturated carbocycles. The van der Waals surface area contributed by atoms with Crippen LogP contribution in [0.2, 0.25) is 0 Å². The molecule has 0 bridgehead atoms.